The van der Waals surface area contributed by atoms with Gasteiger partial charge < -0.3 is 19.7 Å². The summed E-state index contributed by atoms with van der Waals surface area (Å²) in [6.07, 6.45) is 2.09. The van der Waals surface area contributed by atoms with E-state index in [0.717, 1.165) is 28.6 Å². The number of para-hydroxylation sites is 1. The number of benzene rings is 1. The number of ether oxygens (including phenoxy) is 1. The third-order valence-corrected chi connectivity index (χ3v) is 5.91. The number of esters is 1. The SMILES string of the molecule is CC(=O)OCC[C@@H]1Cc2c([nH]c3ccccc23)C(C)(O)[C@H]1CCN(C)OC(C)=O. The number of fused-ring (bicyclic) bond motifs is 3. The largest absolute Gasteiger partial charge is 0.466 e. The van der Waals surface area contributed by atoms with Gasteiger partial charge in [0.25, 0.3) is 0 Å². The number of carbonyl (C=O) groups is 2. The molecule has 3 atom stereocenters. The van der Waals surface area contributed by atoms with Crippen LogP contribution >= 0.6 is 0 Å². The van der Waals surface area contributed by atoms with E-state index in [4.69, 9.17) is 9.57 Å². The first-order valence-electron chi connectivity index (χ1n) is 10.1. The zero-order chi connectivity index (χ0) is 21.2. The lowest BCUT2D eigenvalue weighted by molar-refractivity contribution is -0.183. The number of carbonyl (C=O) groups excluding carboxylic acids is 2. The van der Waals surface area contributed by atoms with E-state index in [0.29, 0.717) is 26.0 Å². The number of rotatable bonds is 7. The van der Waals surface area contributed by atoms with Crippen molar-refractivity contribution < 1.29 is 24.3 Å². The molecule has 0 saturated heterocycles. The van der Waals surface area contributed by atoms with Gasteiger partial charge in [0.15, 0.2) is 0 Å². The van der Waals surface area contributed by atoms with Crippen LogP contribution in [0.3, 0.4) is 0 Å². The van der Waals surface area contributed by atoms with Crippen molar-refractivity contribution in [3.05, 3.63) is 35.5 Å². The lowest BCUT2D eigenvalue weighted by Gasteiger charge is -2.43. The minimum Gasteiger partial charge on any atom is -0.466 e. The van der Waals surface area contributed by atoms with Crippen molar-refractivity contribution in [3.8, 4) is 0 Å². The minimum absolute atomic E-state index is 0.0865. The van der Waals surface area contributed by atoms with Crippen LogP contribution in [0.4, 0.5) is 0 Å². The van der Waals surface area contributed by atoms with Crippen LogP contribution in [-0.2, 0) is 31.2 Å². The molecule has 0 bridgehead atoms. The van der Waals surface area contributed by atoms with Crippen molar-refractivity contribution in [2.75, 3.05) is 20.2 Å². The fourth-order valence-electron chi connectivity index (χ4n) is 4.65. The number of aromatic amines is 1. The molecule has 7 heteroatoms. The Labute approximate surface area is 170 Å². The second-order valence-electron chi connectivity index (χ2n) is 8.09. The highest BCUT2D eigenvalue weighted by atomic mass is 16.7. The molecule has 0 spiro atoms. The number of aromatic nitrogens is 1. The third-order valence-electron chi connectivity index (χ3n) is 5.91. The van der Waals surface area contributed by atoms with E-state index >= 15 is 0 Å². The molecule has 2 N–H and O–H groups in total. The van der Waals surface area contributed by atoms with Gasteiger partial charge in [0.2, 0.25) is 0 Å². The predicted octanol–water partition coefficient (Wildman–Crippen LogP) is 2.92. The third kappa shape index (κ3) is 4.62. The first-order valence-corrected chi connectivity index (χ1v) is 10.1. The average molecular weight is 402 g/mol. The summed E-state index contributed by atoms with van der Waals surface area (Å²) in [4.78, 5) is 30.9. The van der Waals surface area contributed by atoms with Gasteiger partial charge in [-0.1, -0.05) is 18.2 Å². The summed E-state index contributed by atoms with van der Waals surface area (Å²) in [7, 11) is 1.71. The molecule has 1 heterocycles. The van der Waals surface area contributed by atoms with Crippen molar-refractivity contribution in [1.29, 1.82) is 0 Å². The van der Waals surface area contributed by atoms with Crippen molar-refractivity contribution >= 4 is 22.8 Å². The second kappa shape index (κ2) is 8.55. The molecule has 1 aromatic heterocycles. The van der Waals surface area contributed by atoms with Crippen molar-refractivity contribution in [1.82, 2.24) is 10.0 Å². The molecule has 0 saturated carbocycles. The Balaban J connectivity index is 1.88. The van der Waals surface area contributed by atoms with Gasteiger partial charge >= 0.3 is 11.9 Å². The second-order valence-corrected chi connectivity index (χ2v) is 8.09. The predicted molar refractivity (Wildman–Crippen MR) is 109 cm³/mol. The van der Waals surface area contributed by atoms with E-state index in [-0.39, 0.29) is 23.8 Å². The van der Waals surface area contributed by atoms with Crippen molar-refractivity contribution in [2.24, 2.45) is 11.8 Å². The molecule has 3 rings (SSSR count). The smallest absolute Gasteiger partial charge is 0.322 e. The molecular weight excluding hydrogens is 372 g/mol. The van der Waals surface area contributed by atoms with E-state index in [1.807, 2.05) is 25.1 Å². The number of hydrogen-bond acceptors (Lipinski definition) is 6. The summed E-state index contributed by atoms with van der Waals surface area (Å²) >= 11 is 0. The summed E-state index contributed by atoms with van der Waals surface area (Å²) in [6.45, 7) is 5.44. The Morgan fingerprint density at radius 3 is 2.66 bits per heavy atom. The number of hydrogen-bond donors (Lipinski definition) is 2. The van der Waals surface area contributed by atoms with Gasteiger partial charge in [0, 0.05) is 38.3 Å². The minimum atomic E-state index is -1.08. The molecule has 1 unspecified atom stereocenters. The van der Waals surface area contributed by atoms with Gasteiger partial charge in [-0.25, -0.2) is 0 Å². The number of nitrogens with zero attached hydrogens (tertiary/aromatic N) is 1. The fourth-order valence-corrected chi connectivity index (χ4v) is 4.65. The van der Waals surface area contributed by atoms with Crippen molar-refractivity contribution in [2.45, 2.75) is 45.6 Å². The molecule has 0 radical (unpaired) electrons. The lowest BCUT2D eigenvalue weighted by atomic mass is 9.66. The molecule has 29 heavy (non-hydrogen) atoms. The van der Waals surface area contributed by atoms with Crippen molar-refractivity contribution in [3.63, 3.8) is 0 Å². The molecular formula is C22H30N2O5. The van der Waals surface area contributed by atoms with Gasteiger partial charge in [0.1, 0.15) is 5.60 Å². The average Bonchev–Trinajstić information content (AvgIpc) is 3.00. The van der Waals surface area contributed by atoms with Gasteiger partial charge in [0.05, 0.1) is 12.3 Å². The van der Waals surface area contributed by atoms with E-state index in [2.05, 4.69) is 11.1 Å². The summed E-state index contributed by atoms with van der Waals surface area (Å²) in [6, 6.07) is 8.06. The van der Waals surface area contributed by atoms with Crippen LogP contribution in [0.15, 0.2) is 24.3 Å². The summed E-state index contributed by atoms with van der Waals surface area (Å²) in [5, 5.41) is 14.2. The van der Waals surface area contributed by atoms with Crippen LogP contribution in [0.1, 0.15) is 44.9 Å². The van der Waals surface area contributed by atoms with Crippen LogP contribution in [0, 0.1) is 11.8 Å². The first-order chi connectivity index (χ1) is 13.7. The highest BCUT2D eigenvalue weighted by Crippen LogP contribution is 2.47. The molecule has 2 aromatic rings. The lowest BCUT2D eigenvalue weighted by Crippen LogP contribution is -2.44. The van der Waals surface area contributed by atoms with E-state index in [1.54, 1.807) is 7.05 Å². The Morgan fingerprint density at radius 2 is 1.97 bits per heavy atom. The van der Waals surface area contributed by atoms with E-state index in [9.17, 15) is 14.7 Å². The maximum atomic E-state index is 11.6. The summed E-state index contributed by atoms with van der Waals surface area (Å²) in [5.74, 6) is -0.628. The Bertz CT molecular complexity index is 888. The van der Waals surface area contributed by atoms with Crippen LogP contribution in [0.5, 0.6) is 0 Å². The summed E-state index contributed by atoms with van der Waals surface area (Å²) in [5.41, 5.74) is 1.91. The highest BCUT2D eigenvalue weighted by molar-refractivity contribution is 5.85. The Hall–Kier alpha value is -2.38. The zero-order valence-corrected chi connectivity index (χ0v) is 17.5. The quantitative estimate of drug-likeness (QED) is 0.547. The molecule has 1 aliphatic rings. The van der Waals surface area contributed by atoms with Crippen LogP contribution in [-0.4, -0.2) is 47.3 Å². The number of hydroxylamine groups is 2. The Kier molecular flexibility index (Phi) is 6.29. The molecule has 0 fully saturated rings. The van der Waals surface area contributed by atoms with Gasteiger partial charge in [-0.3, -0.25) is 9.59 Å². The topological polar surface area (TPSA) is 91.9 Å². The Morgan fingerprint density at radius 1 is 1.24 bits per heavy atom. The fraction of sp³-hybridized carbons (Fsp3) is 0.545. The number of nitrogens with one attached hydrogen (secondary N) is 1. The molecule has 1 aliphatic carbocycles. The normalized spacial score (nSPS) is 23.8. The number of aliphatic hydroxyl groups is 1. The van der Waals surface area contributed by atoms with Gasteiger partial charge in [-0.2, -0.15) is 0 Å². The number of H-pyrrole nitrogens is 1. The molecule has 0 aliphatic heterocycles. The van der Waals surface area contributed by atoms with Crippen LogP contribution < -0.4 is 0 Å². The summed E-state index contributed by atoms with van der Waals surface area (Å²) < 4.78 is 5.19. The maximum absolute atomic E-state index is 11.6. The van der Waals surface area contributed by atoms with E-state index in [1.165, 1.54) is 18.9 Å². The van der Waals surface area contributed by atoms with E-state index < -0.39 is 5.60 Å². The zero-order valence-electron chi connectivity index (χ0n) is 17.5. The monoisotopic (exact) mass is 402 g/mol. The van der Waals surface area contributed by atoms with Crippen LogP contribution in [0.25, 0.3) is 10.9 Å². The molecule has 158 valence electrons. The standard InChI is InChI=1S/C22H30N2O5/c1-14(25)28-12-10-16-13-18-17-7-5-6-8-20(17)23-21(18)22(3,27)19(16)9-11-24(4)29-15(2)26/h5-8,16,19,23,27H,9-13H2,1-4H3/t16-,19+,22?/m1/s1. The first kappa shape index (κ1) is 21.3. The van der Waals surface area contributed by atoms with Crippen LogP contribution in [0.2, 0.25) is 0 Å². The molecule has 7 nitrogen and oxygen atoms in total. The molecule has 0 amide bonds. The maximum Gasteiger partial charge on any atom is 0.322 e. The highest BCUT2D eigenvalue weighted by Gasteiger charge is 2.45. The molecule has 1 aromatic carbocycles. The van der Waals surface area contributed by atoms with Gasteiger partial charge in [-0.15, -0.1) is 5.06 Å². The van der Waals surface area contributed by atoms with Gasteiger partial charge in [-0.05, 0) is 49.7 Å².